The second kappa shape index (κ2) is 8.46. The predicted octanol–water partition coefficient (Wildman–Crippen LogP) is 2.34. The number of sulfonamides is 1. The van der Waals surface area contributed by atoms with Gasteiger partial charge in [0.2, 0.25) is 15.9 Å². The Balaban J connectivity index is 2.10. The van der Waals surface area contributed by atoms with E-state index in [2.05, 4.69) is 4.98 Å². The molecule has 0 bridgehead atoms. The molecule has 0 atom stereocenters. The van der Waals surface area contributed by atoms with Crippen LogP contribution in [-0.2, 0) is 21.2 Å². The van der Waals surface area contributed by atoms with Crippen LogP contribution in [0.5, 0.6) is 0 Å². The fourth-order valence-electron chi connectivity index (χ4n) is 2.25. The quantitative estimate of drug-likeness (QED) is 0.716. The van der Waals surface area contributed by atoms with Crippen LogP contribution in [0.3, 0.4) is 0 Å². The summed E-state index contributed by atoms with van der Waals surface area (Å²) in [5.74, 6) is -1.05. The number of benzene rings is 1. The highest BCUT2D eigenvalue weighted by molar-refractivity contribution is 7.92. The van der Waals surface area contributed by atoms with Gasteiger partial charge in [0.15, 0.2) is 0 Å². The Morgan fingerprint density at radius 2 is 1.88 bits per heavy atom. The van der Waals surface area contributed by atoms with Crippen molar-refractivity contribution in [2.45, 2.75) is 6.42 Å². The molecule has 1 amide bonds. The van der Waals surface area contributed by atoms with Crippen molar-refractivity contribution in [1.29, 1.82) is 0 Å². The molecule has 1 aromatic carbocycles. The third-order valence-electron chi connectivity index (χ3n) is 3.78. The highest BCUT2D eigenvalue weighted by Gasteiger charge is 2.23. The average Bonchev–Trinajstić information content (AvgIpc) is 2.59. The molecule has 0 saturated carbocycles. The summed E-state index contributed by atoms with van der Waals surface area (Å²) in [7, 11) is -2.15. The minimum Gasteiger partial charge on any atom is -0.344 e. The number of amides is 1. The fraction of sp³-hybridized carbons (Fsp3) is 0.294. The van der Waals surface area contributed by atoms with Crippen LogP contribution in [-0.4, -0.2) is 50.6 Å². The molecule has 0 N–H and O–H groups in total. The number of nitrogens with zero attached hydrogens (tertiary/aromatic N) is 3. The van der Waals surface area contributed by atoms with E-state index >= 15 is 0 Å². The second-order valence-electron chi connectivity index (χ2n) is 5.79. The van der Waals surface area contributed by atoms with Crippen LogP contribution in [0.2, 0.25) is 5.02 Å². The minimum absolute atomic E-state index is 0.134. The van der Waals surface area contributed by atoms with Gasteiger partial charge in [0.25, 0.3) is 0 Å². The SMILES string of the molecule is CN(CCc1ccncc1)C(=O)CN(c1ccc(F)c(Cl)c1)S(C)(=O)=O. The van der Waals surface area contributed by atoms with Gasteiger partial charge in [0.05, 0.1) is 17.0 Å². The van der Waals surface area contributed by atoms with E-state index in [1.807, 2.05) is 12.1 Å². The van der Waals surface area contributed by atoms with Gasteiger partial charge in [-0.05, 0) is 42.3 Å². The molecule has 0 fully saturated rings. The molecule has 1 aromatic heterocycles. The summed E-state index contributed by atoms with van der Waals surface area (Å²) in [6.07, 6.45) is 4.93. The molecule has 0 aliphatic carbocycles. The highest BCUT2D eigenvalue weighted by atomic mass is 35.5. The molecule has 9 heteroatoms. The first kappa shape index (κ1) is 20.1. The zero-order valence-corrected chi connectivity index (χ0v) is 16.0. The third-order valence-corrected chi connectivity index (χ3v) is 5.21. The fourth-order valence-corrected chi connectivity index (χ4v) is 3.27. The van der Waals surface area contributed by atoms with E-state index in [0.29, 0.717) is 13.0 Å². The molecule has 1 heterocycles. The van der Waals surface area contributed by atoms with Crippen LogP contribution >= 0.6 is 11.6 Å². The Labute approximate surface area is 157 Å². The van der Waals surface area contributed by atoms with Gasteiger partial charge < -0.3 is 4.90 Å². The van der Waals surface area contributed by atoms with E-state index < -0.39 is 22.4 Å². The number of hydrogen-bond acceptors (Lipinski definition) is 4. The molecule has 0 radical (unpaired) electrons. The number of rotatable bonds is 7. The summed E-state index contributed by atoms with van der Waals surface area (Å²) in [5.41, 5.74) is 1.15. The predicted molar refractivity (Wildman–Crippen MR) is 99.2 cm³/mol. The van der Waals surface area contributed by atoms with Crippen molar-refractivity contribution in [1.82, 2.24) is 9.88 Å². The molecule has 0 aliphatic rings. The van der Waals surface area contributed by atoms with Gasteiger partial charge in [0.1, 0.15) is 12.4 Å². The average molecular weight is 400 g/mol. The molecule has 0 aliphatic heterocycles. The summed E-state index contributed by atoms with van der Waals surface area (Å²) in [5, 5.41) is -0.213. The molecule has 2 rings (SSSR count). The smallest absolute Gasteiger partial charge is 0.243 e. The summed E-state index contributed by atoms with van der Waals surface area (Å²) in [6.45, 7) is 0.0261. The molecule has 26 heavy (non-hydrogen) atoms. The second-order valence-corrected chi connectivity index (χ2v) is 8.10. The van der Waals surface area contributed by atoms with Crippen LogP contribution in [0.15, 0.2) is 42.7 Å². The normalized spacial score (nSPS) is 11.2. The van der Waals surface area contributed by atoms with Crippen molar-refractivity contribution in [2.75, 3.05) is 30.7 Å². The molecular weight excluding hydrogens is 381 g/mol. The van der Waals surface area contributed by atoms with Crippen LogP contribution in [0.4, 0.5) is 10.1 Å². The first-order valence-corrected chi connectivity index (χ1v) is 9.96. The standard InChI is InChI=1S/C17H19ClFN3O3S/c1-21(10-7-13-5-8-20-9-6-13)17(23)12-22(26(2,24)25)14-3-4-16(19)15(18)11-14/h3-6,8-9,11H,7,10,12H2,1-2H3. The number of pyridine rings is 1. The molecular formula is C17H19ClFN3O3S. The van der Waals surface area contributed by atoms with Gasteiger partial charge in [-0.3, -0.25) is 14.1 Å². The molecule has 0 saturated heterocycles. The Hall–Kier alpha value is -2.19. The Kier molecular flexibility index (Phi) is 6.55. The van der Waals surface area contributed by atoms with E-state index in [0.717, 1.165) is 22.2 Å². The van der Waals surface area contributed by atoms with E-state index in [1.54, 1.807) is 19.4 Å². The van der Waals surface area contributed by atoms with E-state index in [1.165, 1.54) is 17.0 Å². The van der Waals surface area contributed by atoms with Crippen LogP contribution in [0, 0.1) is 5.82 Å². The maximum Gasteiger partial charge on any atom is 0.243 e. The topological polar surface area (TPSA) is 70.6 Å². The molecule has 6 nitrogen and oxygen atoms in total. The van der Waals surface area contributed by atoms with E-state index in [-0.39, 0.29) is 16.6 Å². The van der Waals surface area contributed by atoms with Gasteiger partial charge in [-0.25, -0.2) is 12.8 Å². The molecule has 0 unspecified atom stereocenters. The largest absolute Gasteiger partial charge is 0.344 e. The summed E-state index contributed by atoms with van der Waals surface area (Å²) in [4.78, 5) is 17.8. The first-order valence-electron chi connectivity index (χ1n) is 7.74. The number of anilines is 1. The first-order chi connectivity index (χ1) is 12.2. The van der Waals surface area contributed by atoms with Gasteiger partial charge in [0, 0.05) is 26.0 Å². The van der Waals surface area contributed by atoms with Crippen LogP contribution in [0.25, 0.3) is 0 Å². The van der Waals surface area contributed by atoms with Crippen molar-refractivity contribution in [3.63, 3.8) is 0 Å². The zero-order chi connectivity index (χ0) is 19.3. The summed E-state index contributed by atoms with van der Waals surface area (Å²) >= 11 is 5.73. The molecule has 2 aromatic rings. The summed E-state index contributed by atoms with van der Waals surface area (Å²) < 4.78 is 38.4. The highest BCUT2D eigenvalue weighted by Crippen LogP contribution is 2.24. The Morgan fingerprint density at radius 3 is 2.46 bits per heavy atom. The zero-order valence-electron chi connectivity index (χ0n) is 14.4. The number of halogens is 2. The molecule has 140 valence electrons. The third kappa shape index (κ3) is 5.40. The maximum atomic E-state index is 13.3. The van der Waals surface area contributed by atoms with Crippen molar-refractivity contribution >= 4 is 33.2 Å². The lowest BCUT2D eigenvalue weighted by molar-refractivity contribution is -0.128. The Bertz CT molecular complexity index is 878. The van der Waals surface area contributed by atoms with E-state index in [9.17, 15) is 17.6 Å². The minimum atomic E-state index is -3.75. The van der Waals surface area contributed by atoms with E-state index in [4.69, 9.17) is 11.6 Å². The lowest BCUT2D eigenvalue weighted by atomic mass is 10.2. The number of aromatic nitrogens is 1. The van der Waals surface area contributed by atoms with Crippen molar-refractivity contribution in [3.8, 4) is 0 Å². The lowest BCUT2D eigenvalue weighted by Crippen LogP contribution is -2.41. The van der Waals surface area contributed by atoms with Crippen LogP contribution < -0.4 is 4.31 Å². The monoisotopic (exact) mass is 399 g/mol. The lowest BCUT2D eigenvalue weighted by Gasteiger charge is -2.25. The van der Waals surface area contributed by atoms with Crippen molar-refractivity contribution < 1.29 is 17.6 Å². The summed E-state index contributed by atoms with van der Waals surface area (Å²) in [6, 6.07) is 7.21. The van der Waals surface area contributed by atoms with Gasteiger partial charge in [-0.1, -0.05) is 11.6 Å². The van der Waals surface area contributed by atoms with Gasteiger partial charge >= 0.3 is 0 Å². The van der Waals surface area contributed by atoms with Gasteiger partial charge in [-0.2, -0.15) is 0 Å². The van der Waals surface area contributed by atoms with Crippen molar-refractivity contribution in [2.24, 2.45) is 0 Å². The maximum absolute atomic E-state index is 13.3. The number of carbonyl (C=O) groups excluding carboxylic acids is 1. The van der Waals surface area contributed by atoms with Gasteiger partial charge in [-0.15, -0.1) is 0 Å². The number of carbonyl (C=O) groups is 1. The number of likely N-dealkylation sites (N-methyl/N-ethyl adjacent to an activating group) is 1. The number of hydrogen-bond donors (Lipinski definition) is 0. The Morgan fingerprint density at radius 1 is 1.23 bits per heavy atom. The molecule has 0 spiro atoms. The van der Waals surface area contributed by atoms with Crippen molar-refractivity contribution in [3.05, 3.63) is 59.1 Å². The van der Waals surface area contributed by atoms with Crippen LogP contribution in [0.1, 0.15) is 5.56 Å².